The number of thiophene rings is 1. The van der Waals surface area contributed by atoms with E-state index < -0.39 is 5.82 Å². The van der Waals surface area contributed by atoms with E-state index in [1.165, 1.54) is 21.7 Å². The smallest absolute Gasteiger partial charge is 0.141 e. The van der Waals surface area contributed by atoms with Gasteiger partial charge in [-0.05, 0) is 46.5 Å². The maximum Gasteiger partial charge on any atom is 0.141 e. The van der Waals surface area contributed by atoms with Crippen LogP contribution < -0.4 is 11.3 Å². The Labute approximate surface area is 131 Å². The monoisotopic (exact) mass is 320 g/mol. The molecule has 3 rings (SSSR count). The summed E-state index contributed by atoms with van der Waals surface area (Å²) in [6.07, 6.45) is 0.725. The highest BCUT2D eigenvalue weighted by molar-refractivity contribution is 7.17. The highest BCUT2D eigenvalue weighted by atomic mass is 35.5. The van der Waals surface area contributed by atoms with Gasteiger partial charge in [0.2, 0.25) is 0 Å². The molecule has 5 heteroatoms. The van der Waals surface area contributed by atoms with Crippen LogP contribution in [0.3, 0.4) is 0 Å². The molecule has 0 aliphatic heterocycles. The summed E-state index contributed by atoms with van der Waals surface area (Å²) >= 11 is 7.56. The molecule has 2 aromatic carbocycles. The number of nitrogens with two attached hydrogens (primary N) is 1. The number of benzene rings is 2. The number of hydrogen-bond acceptors (Lipinski definition) is 3. The van der Waals surface area contributed by atoms with Gasteiger partial charge in [-0.25, -0.2) is 4.39 Å². The number of nitrogens with one attached hydrogen (secondary N) is 1. The molecule has 0 saturated carbocycles. The van der Waals surface area contributed by atoms with Gasteiger partial charge in [0.25, 0.3) is 0 Å². The molecule has 108 valence electrons. The van der Waals surface area contributed by atoms with Gasteiger partial charge in [0.15, 0.2) is 0 Å². The molecule has 1 atom stereocenters. The molecular weight excluding hydrogens is 307 g/mol. The van der Waals surface area contributed by atoms with Crippen LogP contribution in [-0.4, -0.2) is 0 Å². The van der Waals surface area contributed by atoms with Gasteiger partial charge in [0, 0.05) is 4.70 Å². The number of halogens is 2. The van der Waals surface area contributed by atoms with Crippen LogP contribution in [0, 0.1) is 5.82 Å². The minimum Gasteiger partial charge on any atom is -0.271 e. The Kier molecular flexibility index (Phi) is 4.22. The van der Waals surface area contributed by atoms with Crippen molar-refractivity contribution in [3.63, 3.8) is 0 Å². The molecule has 3 N–H and O–H groups in total. The predicted molar refractivity (Wildman–Crippen MR) is 87.0 cm³/mol. The van der Waals surface area contributed by atoms with E-state index in [-0.39, 0.29) is 11.1 Å². The van der Waals surface area contributed by atoms with Gasteiger partial charge in [-0.3, -0.25) is 11.3 Å². The molecule has 0 radical (unpaired) electrons. The maximum absolute atomic E-state index is 13.3. The molecule has 0 bridgehead atoms. The lowest BCUT2D eigenvalue weighted by atomic mass is 9.99. The summed E-state index contributed by atoms with van der Waals surface area (Å²) in [5.74, 6) is 5.25. The third-order valence-electron chi connectivity index (χ3n) is 3.53. The Hall–Kier alpha value is -1.46. The topological polar surface area (TPSA) is 38.0 Å². The van der Waals surface area contributed by atoms with Crippen LogP contribution in [0.2, 0.25) is 5.02 Å². The van der Waals surface area contributed by atoms with Crippen molar-refractivity contribution < 1.29 is 4.39 Å². The lowest BCUT2D eigenvalue weighted by Crippen LogP contribution is -2.29. The summed E-state index contributed by atoms with van der Waals surface area (Å²) in [4.78, 5) is 0. The second kappa shape index (κ2) is 6.12. The average Bonchev–Trinajstić information content (AvgIpc) is 2.91. The van der Waals surface area contributed by atoms with Crippen molar-refractivity contribution in [3.05, 3.63) is 69.8 Å². The highest BCUT2D eigenvalue weighted by Crippen LogP contribution is 2.30. The van der Waals surface area contributed by atoms with Crippen LogP contribution in [0.15, 0.2) is 47.8 Å². The Morgan fingerprint density at radius 3 is 2.81 bits per heavy atom. The molecule has 3 aromatic rings. The number of hydrogen-bond donors (Lipinski definition) is 2. The van der Waals surface area contributed by atoms with Gasteiger partial charge in [0.05, 0.1) is 11.1 Å². The molecule has 0 saturated heterocycles. The third-order valence-corrected chi connectivity index (χ3v) is 4.83. The van der Waals surface area contributed by atoms with E-state index in [1.54, 1.807) is 23.5 Å². The lowest BCUT2D eigenvalue weighted by Gasteiger charge is -2.16. The van der Waals surface area contributed by atoms with Crippen molar-refractivity contribution in [1.29, 1.82) is 0 Å². The molecule has 1 aromatic heterocycles. The summed E-state index contributed by atoms with van der Waals surface area (Å²) in [6.45, 7) is 0. The van der Waals surface area contributed by atoms with Crippen molar-refractivity contribution in [2.24, 2.45) is 5.84 Å². The number of rotatable bonds is 4. The fourth-order valence-corrected chi connectivity index (χ4v) is 3.58. The SMILES string of the molecule is NNC(Cc1csc2ccccc12)c1ccc(F)c(Cl)c1. The second-order valence-electron chi connectivity index (χ2n) is 4.85. The van der Waals surface area contributed by atoms with E-state index in [0.717, 1.165) is 12.0 Å². The first-order chi connectivity index (χ1) is 10.2. The van der Waals surface area contributed by atoms with Gasteiger partial charge < -0.3 is 0 Å². The van der Waals surface area contributed by atoms with Gasteiger partial charge >= 0.3 is 0 Å². The minimum atomic E-state index is -0.419. The van der Waals surface area contributed by atoms with Crippen molar-refractivity contribution in [3.8, 4) is 0 Å². The summed E-state index contributed by atoms with van der Waals surface area (Å²) in [5.41, 5.74) is 4.89. The van der Waals surface area contributed by atoms with E-state index >= 15 is 0 Å². The molecule has 0 amide bonds. The molecule has 0 aliphatic rings. The first kappa shape index (κ1) is 14.5. The van der Waals surface area contributed by atoms with E-state index in [0.29, 0.717) is 0 Å². The summed E-state index contributed by atoms with van der Waals surface area (Å²) in [5, 5.41) is 3.49. The van der Waals surface area contributed by atoms with Gasteiger partial charge in [0.1, 0.15) is 5.82 Å². The Morgan fingerprint density at radius 1 is 1.24 bits per heavy atom. The largest absolute Gasteiger partial charge is 0.271 e. The van der Waals surface area contributed by atoms with E-state index in [9.17, 15) is 4.39 Å². The minimum absolute atomic E-state index is 0.110. The normalized spacial score (nSPS) is 12.7. The first-order valence-corrected chi connectivity index (χ1v) is 7.81. The van der Waals surface area contributed by atoms with Gasteiger partial charge in [-0.1, -0.05) is 35.9 Å². The molecule has 21 heavy (non-hydrogen) atoms. The van der Waals surface area contributed by atoms with Crippen LogP contribution in [0.5, 0.6) is 0 Å². The van der Waals surface area contributed by atoms with Crippen LogP contribution >= 0.6 is 22.9 Å². The molecule has 0 aliphatic carbocycles. The van der Waals surface area contributed by atoms with Crippen molar-refractivity contribution in [2.75, 3.05) is 0 Å². The van der Waals surface area contributed by atoms with Crippen molar-refractivity contribution in [1.82, 2.24) is 5.43 Å². The Balaban J connectivity index is 1.92. The molecule has 2 nitrogen and oxygen atoms in total. The standard InChI is InChI=1S/C16H14ClFN2S/c17-13-7-10(5-6-14(13)18)15(20-19)8-11-9-21-16-4-2-1-3-12(11)16/h1-7,9,15,20H,8,19H2. The Bertz CT molecular complexity index is 772. The van der Waals surface area contributed by atoms with E-state index in [1.807, 2.05) is 12.1 Å². The number of hydrazine groups is 1. The lowest BCUT2D eigenvalue weighted by molar-refractivity contribution is 0.551. The quantitative estimate of drug-likeness (QED) is 0.551. The fourth-order valence-electron chi connectivity index (χ4n) is 2.41. The van der Waals surface area contributed by atoms with Gasteiger partial charge in [-0.2, -0.15) is 0 Å². The zero-order valence-corrected chi connectivity index (χ0v) is 12.7. The molecule has 1 heterocycles. The summed E-state index contributed by atoms with van der Waals surface area (Å²) in [6, 6.07) is 12.8. The maximum atomic E-state index is 13.3. The predicted octanol–water partition coefficient (Wildman–Crippen LogP) is 4.44. The second-order valence-corrected chi connectivity index (χ2v) is 6.17. The van der Waals surface area contributed by atoms with Crippen molar-refractivity contribution >= 4 is 33.0 Å². The average molecular weight is 321 g/mol. The molecule has 0 fully saturated rings. The van der Waals surface area contributed by atoms with Crippen LogP contribution in [0.4, 0.5) is 4.39 Å². The summed E-state index contributed by atoms with van der Waals surface area (Å²) in [7, 11) is 0. The first-order valence-electron chi connectivity index (χ1n) is 6.55. The van der Waals surface area contributed by atoms with E-state index in [4.69, 9.17) is 17.4 Å². The van der Waals surface area contributed by atoms with Crippen LogP contribution in [0.25, 0.3) is 10.1 Å². The molecule has 0 spiro atoms. The molecular formula is C16H14ClFN2S. The van der Waals surface area contributed by atoms with Crippen LogP contribution in [-0.2, 0) is 6.42 Å². The Morgan fingerprint density at radius 2 is 2.05 bits per heavy atom. The van der Waals surface area contributed by atoms with Crippen molar-refractivity contribution in [2.45, 2.75) is 12.5 Å². The zero-order chi connectivity index (χ0) is 14.8. The third kappa shape index (κ3) is 2.94. The van der Waals surface area contributed by atoms with Gasteiger partial charge in [-0.15, -0.1) is 11.3 Å². The molecule has 1 unspecified atom stereocenters. The highest BCUT2D eigenvalue weighted by Gasteiger charge is 2.15. The number of fused-ring (bicyclic) bond motifs is 1. The van der Waals surface area contributed by atoms with E-state index in [2.05, 4.69) is 22.9 Å². The zero-order valence-electron chi connectivity index (χ0n) is 11.1. The van der Waals surface area contributed by atoms with Crippen LogP contribution in [0.1, 0.15) is 17.2 Å². The fraction of sp³-hybridized carbons (Fsp3) is 0.125. The summed E-state index contributed by atoms with van der Waals surface area (Å²) < 4.78 is 14.5.